The largest absolute Gasteiger partial charge is 0.497 e. The first-order valence-corrected chi connectivity index (χ1v) is 10.6. The third kappa shape index (κ3) is 6.83. The number of cyclic esters (lactones) is 1. The second-order valence-electron chi connectivity index (χ2n) is 8.07. The van der Waals surface area contributed by atoms with Gasteiger partial charge >= 0.3 is 5.97 Å². The fourth-order valence-corrected chi connectivity index (χ4v) is 3.18. The Morgan fingerprint density at radius 3 is 2.31 bits per heavy atom. The van der Waals surface area contributed by atoms with E-state index in [0.717, 1.165) is 11.3 Å². The molecule has 0 aliphatic carbocycles. The van der Waals surface area contributed by atoms with Gasteiger partial charge in [0.1, 0.15) is 17.8 Å². The molecule has 2 rings (SSSR count). The van der Waals surface area contributed by atoms with Gasteiger partial charge in [0.15, 0.2) is 6.10 Å². The predicted octanol–water partition coefficient (Wildman–Crippen LogP) is 1.22. The first kappa shape index (κ1) is 24.9. The summed E-state index contributed by atoms with van der Waals surface area (Å²) < 4.78 is 10.5. The Kier molecular flexibility index (Phi) is 8.80. The van der Waals surface area contributed by atoms with Crippen molar-refractivity contribution in [1.29, 1.82) is 0 Å². The molecule has 3 atom stereocenters. The normalized spacial score (nSPS) is 22.8. The van der Waals surface area contributed by atoms with E-state index in [1.807, 2.05) is 24.3 Å². The van der Waals surface area contributed by atoms with E-state index in [4.69, 9.17) is 9.47 Å². The van der Waals surface area contributed by atoms with Crippen LogP contribution >= 0.6 is 0 Å². The lowest BCUT2D eigenvalue weighted by Gasteiger charge is -2.27. The topological polar surface area (TPSA) is 123 Å². The molecular formula is C23H31N3O6. The minimum Gasteiger partial charge on any atom is -0.497 e. The first-order valence-electron chi connectivity index (χ1n) is 10.6. The number of rotatable bonds is 6. The number of aryl methyl sites for hydroxylation is 1. The van der Waals surface area contributed by atoms with Crippen molar-refractivity contribution in [3.63, 3.8) is 0 Å². The minimum absolute atomic E-state index is 0.218. The van der Waals surface area contributed by atoms with E-state index in [1.165, 1.54) is 6.92 Å². The van der Waals surface area contributed by atoms with Gasteiger partial charge in [-0.2, -0.15) is 0 Å². The van der Waals surface area contributed by atoms with Crippen LogP contribution in [0.1, 0.15) is 39.2 Å². The Bertz CT molecular complexity index is 865. The summed E-state index contributed by atoms with van der Waals surface area (Å²) in [5, 5.41) is 7.51. The molecule has 0 aromatic heterocycles. The summed E-state index contributed by atoms with van der Waals surface area (Å²) in [6, 6.07) is 5.63. The average molecular weight is 446 g/mol. The summed E-state index contributed by atoms with van der Waals surface area (Å²) >= 11 is 0. The minimum atomic E-state index is -1.10. The van der Waals surface area contributed by atoms with Crippen LogP contribution < -0.4 is 20.7 Å². The van der Waals surface area contributed by atoms with Crippen LogP contribution in [-0.4, -0.2) is 49.0 Å². The van der Waals surface area contributed by atoms with Crippen LogP contribution in [0.25, 0.3) is 0 Å². The standard InChI is InChI=1S/C23H31N3O6/c1-13(2)19-22(29)26-18(8-6-7-16-9-11-17(31-5)12-10-16)21(28)24-14(3)20(27)25-15(4)23(30)32-19/h9-13,15,18-19H,3,6-8H2,1-2,4-5H3,(H,24,28)(H,25,27)(H,26,29). The molecule has 3 N–H and O–H groups in total. The number of ether oxygens (including phenoxy) is 2. The second kappa shape index (κ2) is 11.3. The average Bonchev–Trinajstić information content (AvgIpc) is 2.75. The highest BCUT2D eigenvalue weighted by Crippen LogP contribution is 2.15. The van der Waals surface area contributed by atoms with Gasteiger partial charge in [-0.1, -0.05) is 32.6 Å². The number of carbonyl (C=O) groups excluding carboxylic acids is 4. The molecule has 1 fully saturated rings. The molecule has 0 bridgehead atoms. The van der Waals surface area contributed by atoms with E-state index < -0.39 is 41.9 Å². The molecule has 9 nitrogen and oxygen atoms in total. The van der Waals surface area contributed by atoms with Crippen molar-refractivity contribution in [1.82, 2.24) is 16.0 Å². The number of hydrogen-bond donors (Lipinski definition) is 3. The van der Waals surface area contributed by atoms with E-state index >= 15 is 0 Å². The Balaban J connectivity index is 2.16. The molecule has 174 valence electrons. The Morgan fingerprint density at radius 2 is 1.72 bits per heavy atom. The van der Waals surface area contributed by atoms with Gasteiger partial charge in [-0.05, 0) is 49.8 Å². The number of methoxy groups -OCH3 is 1. The van der Waals surface area contributed by atoms with Crippen LogP contribution in [0.4, 0.5) is 0 Å². The molecule has 1 aliphatic heterocycles. The van der Waals surface area contributed by atoms with Gasteiger partial charge in [0, 0.05) is 0 Å². The SMILES string of the molecule is C=C1NC(=O)C(CCCc2ccc(OC)cc2)NC(=O)C(C(C)C)OC(=O)C(C)NC1=O. The molecule has 1 heterocycles. The van der Waals surface area contributed by atoms with Crippen LogP contribution in [0, 0.1) is 5.92 Å². The Morgan fingerprint density at radius 1 is 1.06 bits per heavy atom. The summed E-state index contributed by atoms with van der Waals surface area (Å²) in [5.41, 5.74) is 0.836. The summed E-state index contributed by atoms with van der Waals surface area (Å²) in [7, 11) is 1.59. The van der Waals surface area contributed by atoms with Gasteiger partial charge in [-0.25, -0.2) is 4.79 Å². The molecule has 1 aromatic rings. The van der Waals surface area contributed by atoms with Crippen molar-refractivity contribution < 1.29 is 28.7 Å². The lowest BCUT2D eigenvalue weighted by atomic mass is 10.0. The summed E-state index contributed by atoms with van der Waals surface area (Å²) in [6.07, 6.45) is 0.479. The lowest BCUT2D eigenvalue weighted by molar-refractivity contribution is -0.161. The lowest BCUT2D eigenvalue weighted by Crippen LogP contribution is -2.54. The molecule has 0 radical (unpaired) electrons. The number of nitrogens with one attached hydrogen (secondary N) is 3. The molecule has 0 saturated carbocycles. The third-order valence-corrected chi connectivity index (χ3v) is 5.11. The van der Waals surface area contributed by atoms with E-state index in [1.54, 1.807) is 21.0 Å². The zero-order valence-corrected chi connectivity index (χ0v) is 18.9. The van der Waals surface area contributed by atoms with Crippen molar-refractivity contribution in [3.05, 3.63) is 42.1 Å². The molecular weight excluding hydrogens is 414 g/mol. The molecule has 1 aromatic carbocycles. The Hall–Kier alpha value is -3.36. The van der Waals surface area contributed by atoms with Crippen LogP contribution in [0.5, 0.6) is 5.75 Å². The molecule has 1 aliphatic rings. The first-order chi connectivity index (χ1) is 15.1. The molecule has 1 saturated heterocycles. The Labute approximate surface area is 187 Å². The monoisotopic (exact) mass is 445 g/mol. The van der Waals surface area contributed by atoms with E-state index in [2.05, 4.69) is 22.5 Å². The highest BCUT2D eigenvalue weighted by Gasteiger charge is 2.33. The maximum absolute atomic E-state index is 12.8. The fraction of sp³-hybridized carbons (Fsp3) is 0.478. The van der Waals surface area contributed by atoms with E-state index in [0.29, 0.717) is 19.3 Å². The molecule has 0 spiro atoms. The molecule has 3 unspecified atom stereocenters. The van der Waals surface area contributed by atoms with E-state index in [9.17, 15) is 19.2 Å². The van der Waals surface area contributed by atoms with Gasteiger partial charge in [0.05, 0.1) is 12.8 Å². The quantitative estimate of drug-likeness (QED) is 0.447. The smallest absolute Gasteiger partial charge is 0.329 e. The van der Waals surface area contributed by atoms with Gasteiger partial charge in [0.2, 0.25) is 5.91 Å². The number of esters is 1. The molecule has 9 heteroatoms. The summed E-state index contributed by atoms with van der Waals surface area (Å²) in [4.78, 5) is 50.2. The molecule has 32 heavy (non-hydrogen) atoms. The van der Waals surface area contributed by atoms with Crippen LogP contribution in [-0.2, 0) is 30.3 Å². The number of hydrogen-bond acceptors (Lipinski definition) is 6. The highest BCUT2D eigenvalue weighted by atomic mass is 16.5. The third-order valence-electron chi connectivity index (χ3n) is 5.11. The molecule has 3 amide bonds. The maximum Gasteiger partial charge on any atom is 0.329 e. The van der Waals surface area contributed by atoms with Crippen molar-refractivity contribution in [2.24, 2.45) is 5.92 Å². The van der Waals surface area contributed by atoms with Crippen molar-refractivity contribution in [2.75, 3.05) is 7.11 Å². The van der Waals surface area contributed by atoms with Crippen molar-refractivity contribution >= 4 is 23.7 Å². The number of amides is 3. The second-order valence-corrected chi connectivity index (χ2v) is 8.07. The van der Waals surface area contributed by atoms with Gasteiger partial charge in [-0.15, -0.1) is 0 Å². The number of benzene rings is 1. The van der Waals surface area contributed by atoms with Crippen LogP contribution in [0.2, 0.25) is 0 Å². The van der Waals surface area contributed by atoms with E-state index in [-0.39, 0.29) is 11.6 Å². The van der Waals surface area contributed by atoms with Crippen LogP contribution in [0.3, 0.4) is 0 Å². The number of carbonyl (C=O) groups is 4. The van der Waals surface area contributed by atoms with Crippen molar-refractivity contribution in [2.45, 2.75) is 58.2 Å². The zero-order chi connectivity index (χ0) is 23.8. The van der Waals surface area contributed by atoms with Gasteiger partial charge < -0.3 is 25.4 Å². The highest BCUT2D eigenvalue weighted by molar-refractivity contribution is 6.01. The maximum atomic E-state index is 12.8. The van der Waals surface area contributed by atoms with Crippen LogP contribution in [0.15, 0.2) is 36.5 Å². The predicted molar refractivity (Wildman–Crippen MR) is 117 cm³/mol. The summed E-state index contributed by atoms with van der Waals surface area (Å²) in [6.45, 7) is 8.44. The fourth-order valence-electron chi connectivity index (χ4n) is 3.18. The van der Waals surface area contributed by atoms with Gasteiger partial charge in [-0.3, -0.25) is 14.4 Å². The van der Waals surface area contributed by atoms with Gasteiger partial charge in [0.25, 0.3) is 11.8 Å². The van der Waals surface area contributed by atoms with Crippen molar-refractivity contribution in [3.8, 4) is 5.75 Å². The zero-order valence-electron chi connectivity index (χ0n) is 18.9. The summed E-state index contributed by atoms with van der Waals surface area (Å²) in [5.74, 6) is -2.16.